The van der Waals surface area contributed by atoms with E-state index in [1.165, 1.54) is 30.3 Å². The van der Waals surface area contributed by atoms with Crippen molar-refractivity contribution in [3.63, 3.8) is 0 Å². The van der Waals surface area contributed by atoms with Gasteiger partial charge in [0.05, 0.1) is 4.91 Å². The number of carbonyl (C=O) groups excluding carboxylic acids is 3. The SMILES string of the molecule is Cc1nc(COc2ccc(C(=O)NCCN3C(=O)S/C(=C/c4ccc(F)cc4)C3=O)cc2)no1. The number of aryl methyl sites for hydroxylation is 1. The number of amides is 3. The van der Waals surface area contributed by atoms with Gasteiger partial charge in [-0.3, -0.25) is 19.3 Å². The zero-order valence-electron chi connectivity index (χ0n) is 18.0. The van der Waals surface area contributed by atoms with Crippen LogP contribution < -0.4 is 10.1 Å². The average molecular weight is 482 g/mol. The highest BCUT2D eigenvalue weighted by Gasteiger charge is 2.34. The number of nitrogens with zero attached hydrogens (tertiary/aromatic N) is 3. The molecule has 3 aromatic rings. The highest BCUT2D eigenvalue weighted by Crippen LogP contribution is 2.31. The van der Waals surface area contributed by atoms with Crippen LogP contribution in [0.25, 0.3) is 6.08 Å². The molecular formula is C23H19FN4O5S. The fourth-order valence-corrected chi connectivity index (χ4v) is 3.90. The van der Waals surface area contributed by atoms with Crippen molar-refractivity contribution in [2.45, 2.75) is 13.5 Å². The summed E-state index contributed by atoms with van der Waals surface area (Å²) in [7, 11) is 0. The van der Waals surface area contributed by atoms with E-state index in [0.717, 1.165) is 16.7 Å². The van der Waals surface area contributed by atoms with E-state index in [1.807, 2.05) is 0 Å². The molecule has 3 amide bonds. The lowest BCUT2D eigenvalue weighted by Gasteiger charge is -2.13. The third-order valence-electron chi connectivity index (χ3n) is 4.72. The third-order valence-corrected chi connectivity index (χ3v) is 5.62. The van der Waals surface area contributed by atoms with Crippen molar-refractivity contribution in [1.29, 1.82) is 0 Å². The third kappa shape index (κ3) is 5.67. The summed E-state index contributed by atoms with van der Waals surface area (Å²) in [5.41, 5.74) is 1.01. The molecule has 1 saturated heterocycles. The van der Waals surface area contributed by atoms with Crippen LogP contribution in [0.1, 0.15) is 27.6 Å². The van der Waals surface area contributed by atoms with E-state index in [1.54, 1.807) is 31.2 Å². The molecule has 11 heteroatoms. The van der Waals surface area contributed by atoms with Gasteiger partial charge in [-0.1, -0.05) is 17.3 Å². The van der Waals surface area contributed by atoms with Crippen LogP contribution in [0, 0.1) is 12.7 Å². The largest absolute Gasteiger partial charge is 0.485 e. The lowest BCUT2D eigenvalue weighted by molar-refractivity contribution is -0.122. The molecule has 1 N–H and O–H groups in total. The highest BCUT2D eigenvalue weighted by atomic mass is 32.2. The molecule has 0 unspecified atom stereocenters. The Hall–Kier alpha value is -3.99. The van der Waals surface area contributed by atoms with Crippen LogP contribution in [0.3, 0.4) is 0 Å². The number of carbonyl (C=O) groups is 3. The summed E-state index contributed by atoms with van der Waals surface area (Å²) in [6.07, 6.45) is 1.53. The Bertz CT molecular complexity index is 1240. The zero-order chi connectivity index (χ0) is 24.1. The van der Waals surface area contributed by atoms with Crippen molar-refractivity contribution in [2.75, 3.05) is 13.1 Å². The van der Waals surface area contributed by atoms with Gasteiger partial charge >= 0.3 is 0 Å². The van der Waals surface area contributed by atoms with E-state index >= 15 is 0 Å². The number of nitrogens with one attached hydrogen (secondary N) is 1. The molecule has 1 fully saturated rings. The van der Waals surface area contributed by atoms with E-state index in [0.29, 0.717) is 28.6 Å². The second-order valence-electron chi connectivity index (χ2n) is 7.18. The van der Waals surface area contributed by atoms with Crippen LogP contribution in [-0.2, 0) is 11.4 Å². The van der Waals surface area contributed by atoms with Gasteiger partial charge in [0.1, 0.15) is 11.6 Å². The summed E-state index contributed by atoms with van der Waals surface area (Å²) in [6.45, 7) is 1.94. The standard InChI is InChI=1S/C23H19FN4O5S/c1-14-26-20(27-33-14)13-32-18-8-4-16(5-9-18)21(29)25-10-11-28-22(30)19(34-23(28)31)12-15-2-6-17(24)7-3-15/h2-9,12H,10-11,13H2,1H3,(H,25,29)/b19-12+. The molecule has 2 heterocycles. The Morgan fingerprint density at radius 2 is 1.91 bits per heavy atom. The number of rotatable bonds is 8. The molecule has 9 nitrogen and oxygen atoms in total. The van der Waals surface area contributed by atoms with Crippen LogP contribution in [-0.4, -0.2) is 45.2 Å². The fourth-order valence-electron chi connectivity index (χ4n) is 3.04. The highest BCUT2D eigenvalue weighted by molar-refractivity contribution is 8.18. The summed E-state index contributed by atoms with van der Waals surface area (Å²) in [6, 6.07) is 12.1. The smallest absolute Gasteiger partial charge is 0.293 e. The van der Waals surface area contributed by atoms with E-state index < -0.39 is 11.1 Å². The molecule has 1 aliphatic rings. The number of ether oxygens (including phenoxy) is 1. The Balaban J connectivity index is 1.26. The molecule has 174 valence electrons. The van der Waals surface area contributed by atoms with Crippen LogP contribution >= 0.6 is 11.8 Å². The fraction of sp³-hybridized carbons (Fsp3) is 0.174. The molecule has 0 aliphatic carbocycles. The van der Waals surface area contributed by atoms with Gasteiger partial charge < -0.3 is 14.6 Å². The van der Waals surface area contributed by atoms with Crippen LogP contribution in [0.2, 0.25) is 0 Å². The second kappa shape index (κ2) is 10.3. The number of hydrogen-bond acceptors (Lipinski definition) is 8. The molecule has 34 heavy (non-hydrogen) atoms. The maximum Gasteiger partial charge on any atom is 0.293 e. The van der Waals surface area contributed by atoms with E-state index in [2.05, 4.69) is 15.5 Å². The van der Waals surface area contributed by atoms with Gasteiger partial charge in [-0.15, -0.1) is 0 Å². The zero-order valence-corrected chi connectivity index (χ0v) is 18.8. The van der Waals surface area contributed by atoms with Gasteiger partial charge in [0.15, 0.2) is 6.61 Å². The minimum absolute atomic E-state index is 0.0302. The van der Waals surface area contributed by atoms with Crippen LogP contribution in [0.15, 0.2) is 58.0 Å². The minimum Gasteiger partial charge on any atom is -0.485 e. The minimum atomic E-state index is -0.452. The first kappa shape index (κ1) is 23.2. The summed E-state index contributed by atoms with van der Waals surface area (Å²) in [5.74, 6) is 0.203. The van der Waals surface area contributed by atoms with E-state index in [-0.39, 0.29) is 36.3 Å². The van der Waals surface area contributed by atoms with Crippen molar-refractivity contribution < 1.29 is 28.0 Å². The molecule has 0 atom stereocenters. The topological polar surface area (TPSA) is 115 Å². The van der Waals surface area contributed by atoms with Gasteiger partial charge in [-0.05, 0) is 59.8 Å². The molecule has 1 aromatic heterocycles. The predicted octanol–water partition coefficient (Wildman–Crippen LogP) is 3.56. The van der Waals surface area contributed by atoms with Gasteiger partial charge in [0.2, 0.25) is 11.7 Å². The average Bonchev–Trinajstić information content (AvgIpc) is 3.36. The molecule has 1 aliphatic heterocycles. The van der Waals surface area contributed by atoms with Crippen LogP contribution in [0.5, 0.6) is 5.75 Å². The van der Waals surface area contributed by atoms with Crippen LogP contribution in [0.4, 0.5) is 9.18 Å². The number of benzene rings is 2. The van der Waals surface area contributed by atoms with Gasteiger partial charge in [-0.25, -0.2) is 4.39 Å². The first-order chi connectivity index (χ1) is 16.4. The van der Waals surface area contributed by atoms with Gasteiger partial charge in [-0.2, -0.15) is 4.98 Å². The summed E-state index contributed by atoms with van der Waals surface area (Å²) < 4.78 is 23.5. The van der Waals surface area contributed by atoms with Crippen molar-refractivity contribution in [1.82, 2.24) is 20.4 Å². The Kier molecular flexibility index (Phi) is 7.02. The van der Waals surface area contributed by atoms with E-state index in [4.69, 9.17) is 9.26 Å². The predicted molar refractivity (Wildman–Crippen MR) is 121 cm³/mol. The Morgan fingerprint density at radius 1 is 1.18 bits per heavy atom. The maximum absolute atomic E-state index is 13.0. The van der Waals surface area contributed by atoms with Crippen molar-refractivity contribution >= 4 is 34.9 Å². The van der Waals surface area contributed by atoms with Crippen molar-refractivity contribution in [3.8, 4) is 5.75 Å². The summed E-state index contributed by atoms with van der Waals surface area (Å²) in [5, 5.41) is 6.00. The van der Waals surface area contributed by atoms with E-state index in [9.17, 15) is 18.8 Å². The lowest BCUT2D eigenvalue weighted by atomic mass is 10.2. The normalized spacial score (nSPS) is 14.6. The number of aromatic nitrogens is 2. The molecule has 0 bridgehead atoms. The first-order valence-corrected chi connectivity index (χ1v) is 11.0. The summed E-state index contributed by atoms with van der Waals surface area (Å²) in [4.78, 5) is 42.5. The first-order valence-electron chi connectivity index (χ1n) is 10.2. The van der Waals surface area contributed by atoms with Gasteiger partial charge in [0, 0.05) is 25.6 Å². The number of imide groups is 1. The van der Waals surface area contributed by atoms with Crippen molar-refractivity contribution in [2.24, 2.45) is 0 Å². The maximum atomic E-state index is 13.0. The Morgan fingerprint density at radius 3 is 2.59 bits per heavy atom. The number of halogens is 1. The van der Waals surface area contributed by atoms with Crippen molar-refractivity contribution in [3.05, 3.63) is 82.1 Å². The van der Waals surface area contributed by atoms with Gasteiger partial charge in [0.25, 0.3) is 17.1 Å². The lowest BCUT2D eigenvalue weighted by Crippen LogP contribution is -2.37. The summed E-state index contributed by atoms with van der Waals surface area (Å²) >= 11 is 0.805. The molecule has 4 rings (SSSR count). The molecule has 2 aromatic carbocycles. The molecule has 0 radical (unpaired) electrons. The second-order valence-corrected chi connectivity index (χ2v) is 8.18. The monoisotopic (exact) mass is 482 g/mol. The quantitative estimate of drug-likeness (QED) is 0.485. The Labute approximate surface area is 198 Å². The molecular weight excluding hydrogens is 463 g/mol. The number of hydrogen-bond donors (Lipinski definition) is 1. The molecule has 0 saturated carbocycles. The molecule has 0 spiro atoms. The number of thioether (sulfide) groups is 1.